The smallest absolute Gasteiger partial charge is 0.228 e. The quantitative estimate of drug-likeness (QED) is 0.660. The van der Waals surface area contributed by atoms with Crippen molar-refractivity contribution in [2.75, 3.05) is 11.1 Å². The van der Waals surface area contributed by atoms with Crippen LogP contribution in [0.3, 0.4) is 0 Å². The Morgan fingerprint density at radius 3 is 2.70 bits per heavy atom. The first-order chi connectivity index (χ1) is 9.81. The highest BCUT2D eigenvalue weighted by Gasteiger charge is 2.07. The van der Waals surface area contributed by atoms with E-state index in [-0.39, 0.29) is 5.95 Å². The third-order valence-electron chi connectivity index (χ3n) is 2.70. The summed E-state index contributed by atoms with van der Waals surface area (Å²) in [4.78, 5) is 12.5. The van der Waals surface area contributed by atoms with Crippen LogP contribution in [-0.2, 0) is 6.54 Å². The molecule has 0 aliphatic rings. The van der Waals surface area contributed by atoms with Gasteiger partial charge in [0.05, 0.1) is 11.8 Å². The number of H-pyrrole nitrogens is 1. The van der Waals surface area contributed by atoms with E-state index in [0.29, 0.717) is 18.3 Å². The average molecular weight is 267 g/mol. The van der Waals surface area contributed by atoms with Crippen molar-refractivity contribution < 1.29 is 0 Å². The highest BCUT2D eigenvalue weighted by atomic mass is 15.2. The Morgan fingerprint density at radius 1 is 1.10 bits per heavy atom. The van der Waals surface area contributed by atoms with Gasteiger partial charge in [0.2, 0.25) is 11.9 Å². The molecule has 0 radical (unpaired) electrons. The average Bonchev–Trinajstić information content (AvgIpc) is 3.00. The van der Waals surface area contributed by atoms with Crippen LogP contribution < -0.4 is 11.1 Å². The van der Waals surface area contributed by atoms with Crippen molar-refractivity contribution in [1.29, 1.82) is 0 Å². The molecule has 3 rings (SSSR count). The molecule has 100 valence electrons. The third kappa shape index (κ3) is 2.72. The number of nitrogens with zero attached hydrogens (tertiary/aromatic N) is 4. The minimum absolute atomic E-state index is 0.173. The lowest BCUT2D eigenvalue weighted by Gasteiger charge is -2.06. The lowest BCUT2D eigenvalue weighted by Crippen LogP contribution is -2.08. The Bertz CT molecular complexity index is 679. The fourth-order valence-electron chi connectivity index (χ4n) is 1.75. The van der Waals surface area contributed by atoms with Crippen LogP contribution in [0.25, 0.3) is 11.4 Å². The lowest BCUT2D eigenvalue weighted by atomic mass is 10.2. The van der Waals surface area contributed by atoms with E-state index in [9.17, 15) is 0 Å². The van der Waals surface area contributed by atoms with E-state index in [1.807, 2.05) is 30.3 Å². The Balaban J connectivity index is 1.80. The van der Waals surface area contributed by atoms with Gasteiger partial charge < -0.3 is 11.1 Å². The van der Waals surface area contributed by atoms with Gasteiger partial charge in [-0.05, 0) is 5.56 Å². The predicted molar refractivity (Wildman–Crippen MR) is 75.6 cm³/mol. The zero-order chi connectivity index (χ0) is 13.8. The van der Waals surface area contributed by atoms with Crippen molar-refractivity contribution in [3.63, 3.8) is 0 Å². The number of aromatic nitrogens is 5. The van der Waals surface area contributed by atoms with Crippen LogP contribution in [0.4, 0.5) is 11.9 Å². The van der Waals surface area contributed by atoms with Gasteiger partial charge in [-0.25, -0.2) is 0 Å². The standard InChI is InChI=1S/C13H13N7/c14-12-18-11(10-7-16-17-8-10)19-13(20-12)15-6-9-4-2-1-3-5-9/h1-5,7-8H,6H2,(H,16,17)(H3,14,15,18,19,20). The second-order valence-electron chi connectivity index (χ2n) is 4.17. The van der Waals surface area contributed by atoms with Gasteiger partial charge in [-0.15, -0.1) is 0 Å². The summed E-state index contributed by atoms with van der Waals surface area (Å²) in [7, 11) is 0. The van der Waals surface area contributed by atoms with Crippen LogP contribution in [0.5, 0.6) is 0 Å². The normalized spacial score (nSPS) is 10.4. The van der Waals surface area contributed by atoms with Crippen LogP contribution in [-0.4, -0.2) is 25.1 Å². The number of nitrogens with two attached hydrogens (primary N) is 1. The molecule has 0 saturated carbocycles. The molecule has 4 N–H and O–H groups in total. The van der Waals surface area contributed by atoms with Crippen molar-refractivity contribution in [3.8, 4) is 11.4 Å². The topological polar surface area (TPSA) is 105 Å². The fraction of sp³-hybridized carbons (Fsp3) is 0.0769. The van der Waals surface area contributed by atoms with E-state index >= 15 is 0 Å². The predicted octanol–water partition coefficient (Wildman–Crippen LogP) is 1.46. The summed E-state index contributed by atoms with van der Waals surface area (Å²) in [5, 5.41) is 9.71. The van der Waals surface area contributed by atoms with Gasteiger partial charge in [0.1, 0.15) is 0 Å². The SMILES string of the molecule is Nc1nc(NCc2ccccc2)nc(-c2cn[nH]c2)n1. The highest BCUT2D eigenvalue weighted by molar-refractivity contribution is 5.55. The van der Waals surface area contributed by atoms with E-state index < -0.39 is 0 Å². The minimum atomic E-state index is 0.173. The van der Waals surface area contributed by atoms with Crippen molar-refractivity contribution in [2.24, 2.45) is 0 Å². The maximum absolute atomic E-state index is 5.70. The number of nitrogens with one attached hydrogen (secondary N) is 2. The molecule has 0 saturated heterocycles. The molecule has 0 atom stereocenters. The maximum atomic E-state index is 5.70. The van der Waals surface area contributed by atoms with Crippen LogP contribution in [0.2, 0.25) is 0 Å². The van der Waals surface area contributed by atoms with Crippen molar-refractivity contribution >= 4 is 11.9 Å². The number of hydrogen-bond acceptors (Lipinski definition) is 6. The number of aromatic amines is 1. The summed E-state index contributed by atoms with van der Waals surface area (Å²) in [6.07, 6.45) is 3.34. The van der Waals surface area contributed by atoms with Crippen LogP contribution in [0.1, 0.15) is 5.56 Å². The fourth-order valence-corrected chi connectivity index (χ4v) is 1.75. The van der Waals surface area contributed by atoms with Gasteiger partial charge in [0.15, 0.2) is 5.82 Å². The summed E-state index contributed by atoms with van der Waals surface area (Å²) >= 11 is 0. The molecule has 2 heterocycles. The van der Waals surface area contributed by atoms with Crippen molar-refractivity contribution in [1.82, 2.24) is 25.1 Å². The molecule has 20 heavy (non-hydrogen) atoms. The Hall–Kier alpha value is -2.96. The van der Waals surface area contributed by atoms with E-state index in [4.69, 9.17) is 5.73 Å². The van der Waals surface area contributed by atoms with Crippen molar-refractivity contribution in [2.45, 2.75) is 6.54 Å². The number of rotatable bonds is 4. The largest absolute Gasteiger partial charge is 0.368 e. The molecule has 0 amide bonds. The molecular weight excluding hydrogens is 254 g/mol. The van der Waals surface area contributed by atoms with Crippen molar-refractivity contribution in [3.05, 3.63) is 48.3 Å². The Kier molecular flexibility index (Phi) is 3.24. The Morgan fingerprint density at radius 2 is 1.95 bits per heavy atom. The highest BCUT2D eigenvalue weighted by Crippen LogP contribution is 2.15. The number of anilines is 2. The zero-order valence-electron chi connectivity index (χ0n) is 10.6. The molecule has 0 fully saturated rings. The molecule has 0 aliphatic heterocycles. The Labute approximate surface area is 115 Å². The minimum Gasteiger partial charge on any atom is -0.368 e. The first-order valence-corrected chi connectivity index (χ1v) is 6.10. The van der Waals surface area contributed by atoms with Gasteiger partial charge in [-0.3, -0.25) is 5.10 Å². The van der Waals surface area contributed by atoms with Gasteiger partial charge in [-0.2, -0.15) is 20.1 Å². The van der Waals surface area contributed by atoms with Gasteiger partial charge in [-0.1, -0.05) is 30.3 Å². The van der Waals surface area contributed by atoms with Gasteiger partial charge in [0.25, 0.3) is 0 Å². The summed E-state index contributed by atoms with van der Waals surface area (Å²) in [6, 6.07) is 9.98. The zero-order valence-corrected chi connectivity index (χ0v) is 10.6. The molecule has 0 spiro atoms. The summed E-state index contributed by atoms with van der Waals surface area (Å²) in [6.45, 7) is 0.620. The van der Waals surface area contributed by atoms with E-state index in [1.54, 1.807) is 12.4 Å². The van der Waals surface area contributed by atoms with Crippen LogP contribution >= 0.6 is 0 Å². The first-order valence-electron chi connectivity index (χ1n) is 6.10. The second-order valence-corrected chi connectivity index (χ2v) is 4.17. The van der Waals surface area contributed by atoms with Crippen LogP contribution in [0, 0.1) is 0 Å². The monoisotopic (exact) mass is 267 g/mol. The summed E-state index contributed by atoms with van der Waals surface area (Å²) < 4.78 is 0. The van der Waals surface area contributed by atoms with Crippen LogP contribution in [0.15, 0.2) is 42.7 Å². The molecule has 7 nitrogen and oxygen atoms in total. The molecule has 1 aromatic carbocycles. The molecule has 2 aromatic heterocycles. The van der Waals surface area contributed by atoms with Gasteiger partial charge in [0, 0.05) is 12.7 Å². The second kappa shape index (κ2) is 5.35. The summed E-state index contributed by atoms with van der Waals surface area (Å²) in [5.41, 5.74) is 7.60. The number of nitrogen functional groups attached to an aromatic ring is 1. The molecular formula is C13H13N7. The van der Waals surface area contributed by atoms with Gasteiger partial charge >= 0.3 is 0 Å². The molecule has 7 heteroatoms. The summed E-state index contributed by atoms with van der Waals surface area (Å²) in [5.74, 6) is 1.10. The number of benzene rings is 1. The lowest BCUT2D eigenvalue weighted by molar-refractivity contribution is 1.02. The van der Waals surface area contributed by atoms with E-state index in [0.717, 1.165) is 11.1 Å². The first kappa shape index (κ1) is 12.1. The number of hydrogen-bond donors (Lipinski definition) is 3. The molecule has 0 aliphatic carbocycles. The third-order valence-corrected chi connectivity index (χ3v) is 2.70. The molecule has 0 bridgehead atoms. The van der Waals surface area contributed by atoms with E-state index in [2.05, 4.69) is 30.5 Å². The molecule has 0 unspecified atom stereocenters. The maximum Gasteiger partial charge on any atom is 0.228 e. The van der Waals surface area contributed by atoms with E-state index in [1.165, 1.54) is 0 Å². The molecule has 3 aromatic rings.